The fourth-order valence-electron chi connectivity index (χ4n) is 1.01. The summed E-state index contributed by atoms with van der Waals surface area (Å²) in [6, 6.07) is 0. The molecule has 14 heavy (non-hydrogen) atoms. The lowest BCUT2D eigenvalue weighted by molar-refractivity contribution is 0.539. The van der Waals surface area contributed by atoms with E-state index in [1.165, 1.54) is 0 Å². The maximum absolute atomic E-state index is 5.95. The summed E-state index contributed by atoms with van der Waals surface area (Å²) in [5.74, 6) is 0. The maximum atomic E-state index is 5.95. The Morgan fingerprint density at radius 3 is 2.64 bits per heavy atom. The van der Waals surface area contributed by atoms with Crippen molar-refractivity contribution < 1.29 is 0 Å². The number of hydrogen-bond acceptors (Lipinski definition) is 5. The Bertz CT molecular complexity index is 411. The standard InChI is InChI=1S/C9H11N3S2/c1-9(2,10)7-4-14-8(12-7)6-3-13-5-11-6/h3-5H,10H2,1-2H3. The molecule has 0 fully saturated rings. The van der Waals surface area contributed by atoms with Crippen LogP contribution < -0.4 is 5.73 Å². The molecule has 2 heterocycles. The molecule has 5 heteroatoms. The van der Waals surface area contributed by atoms with Crippen molar-refractivity contribution in [1.29, 1.82) is 0 Å². The molecule has 0 bridgehead atoms. The molecule has 3 nitrogen and oxygen atoms in total. The van der Waals surface area contributed by atoms with Gasteiger partial charge in [-0.25, -0.2) is 9.97 Å². The quantitative estimate of drug-likeness (QED) is 0.854. The summed E-state index contributed by atoms with van der Waals surface area (Å²) in [5, 5.41) is 4.93. The van der Waals surface area contributed by atoms with E-state index in [1.54, 1.807) is 22.7 Å². The third-order valence-electron chi connectivity index (χ3n) is 1.82. The van der Waals surface area contributed by atoms with Crippen LogP contribution in [0.5, 0.6) is 0 Å². The first kappa shape index (κ1) is 9.76. The molecule has 0 atom stereocenters. The van der Waals surface area contributed by atoms with Crippen molar-refractivity contribution in [2.45, 2.75) is 19.4 Å². The second-order valence-electron chi connectivity index (χ2n) is 3.63. The number of nitrogens with zero attached hydrogens (tertiary/aromatic N) is 2. The highest BCUT2D eigenvalue weighted by Crippen LogP contribution is 2.27. The van der Waals surface area contributed by atoms with Gasteiger partial charge in [0.15, 0.2) is 0 Å². The molecule has 0 radical (unpaired) electrons. The Balaban J connectivity index is 2.36. The van der Waals surface area contributed by atoms with Crippen LogP contribution in [0, 0.1) is 0 Å². The predicted octanol–water partition coefficient (Wildman–Crippen LogP) is 2.46. The second kappa shape index (κ2) is 3.42. The molecule has 0 amide bonds. The third kappa shape index (κ3) is 1.84. The molecule has 0 unspecified atom stereocenters. The summed E-state index contributed by atoms with van der Waals surface area (Å²) in [7, 11) is 0. The summed E-state index contributed by atoms with van der Waals surface area (Å²) < 4.78 is 0. The van der Waals surface area contributed by atoms with Crippen LogP contribution in [0.3, 0.4) is 0 Å². The van der Waals surface area contributed by atoms with Crippen molar-refractivity contribution in [3.8, 4) is 10.7 Å². The molecular formula is C9H11N3S2. The van der Waals surface area contributed by atoms with E-state index >= 15 is 0 Å². The number of thiazole rings is 2. The fraction of sp³-hybridized carbons (Fsp3) is 0.333. The van der Waals surface area contributed by atoms with Crippen LogP contribution in [0.4, 0.5) is 0 Å². The summed E-state index contributed by atoms with van der Waals surface area (Å²) in [4.78, 5) is 8.67. The molecule has 0 aliphatic rings. The van der Waals surface area contributed by atoms with Crippen molar-refractivity contribution in [3.63, 3.8) is 0 Å². The first-order valence-corrected chi connectivity index (χ1v) is 6.03. The van der Waals surface area contributed by atoms with Gasteiger partial charge in [0.25, 0.3) is 0 Å². The fourth-order valence-corrected chi connectivity index (χ4v) is 2.58. The van der Waals surface area contributed by atoms with E-state index in [1.807, 2.05) is 30.1 Å². The first-order chi connectivity index (χ1) is 6.57. The van der Waals surface area contributed by atoms with E-state index in [0.29, 0.717) is 0 Å². The predicted molar refractivity (Wildman–Crippen MR) is 60.4 cm³/mol. The van der Waals surface area contributed by atoms with Crippen molar-refractivity contribution in [1.82, 2.24) is 9.97 Å². The van der Waals surface area contributed by atoms with Gasteiger partial charge >= 0.3 is 0 Å². The van der Waals surface area contributed by atoms with Crippen molar-refractivity contribution >= 4 is 22.7 Å². The molecule has 2 N–H and O–H groups in total. The van der Waals surface area contributed by atoms with Crippen LogP contribution in [0.1, 0.15) is 19.5 Å². The molecule has 0 aliphatic heterocycles. The van der Waals surface area contributed by atoms with Gasteiger partial charge in [-0.3, -0.25) is 0 Å². The average molecular weight is 225 g/mol. The van der Waals surface area contributed by atoms with Gasteiger partial charge in [-0.15, -0.1) is 22.7 Å². The topological polar surface area (TPSA) is 51.8 Å². The lowest BCUT2D eigenvalue weighted by atomic mass is 10.0. The van der Waals surface area contributed by atoms with Gasteiger partial charge in [0, 0.05) is 10.8 Å². The van der Waals surface area contributed by atoms with Gasteiger partial charge in [-0.2, -0.15) is 0 Å². The Hall–Kier alpha value is -0.780. The zero-order valence-corrected chi connectivity index (χ0v) is 9.65. The number of hydrogen-bond donors (Lipinski definition) is 1. The smallest absolute Gasteiger partial charge is 0.143 e. The Morgan fingerprint density at radius 2 is 2.14 bits per heavy atom. The van der Waals surface area contributed by atoms with Crippen molar-refractivity contribution in [2.75, 3.05) is 0 Å². The lowest BCUT2D eigenvalue weighted by Gasteiger charge is -2.14. The van der Waals surface area contributed by atoms with Gasteiger partial charge in [-0.05, 0) is 13.8 Å². The number of aromatic nitrogens is 2. The molecular weight excluding hydrogens is 214 g/mol. The molecule has 0 aliphatic carbocycles. The minimum atomic E-state index is -0.370. The van der Waals surface area contributed by atoms with Crippen LogP contribution >= 0.6 is 22.7 Å². The molecule has 2 rings (SSSR count). The zero-order chi connectivity index (χ0) is 10.2. The highest BCUT2D eigenvalue weighted by molar-refractivity contribution is 7.13. The van der Waals surface area contributed by atoms with E-state index in [4.69, 9.17) is 5.73 Å². The molecule has 0 saturated heterocycles. The van der Waals surface area contributed by atoms with Crippen LogP contribution in [0.15, 0.2) is 16.3 Å². The summed E-state index contributed by atoms with van der Waals surface area (Å²) in [6.07, 6.45) is 0. The van der Waals surface area contributed by atoms with Crippen LogP contribution in [0.2, 0.25) is 0 Å². The molecule has 0 spiro atoms. The largest absolute Gasteiger partial charge is 0.321 e. The van der Waals surface area contributed by atoms with Gasteiger partial charge in [0.2, 0.25) is 0 Å². The monoisotopic (exact) mass is 225 g/mol. The average Bonchev–Trinajstić information content (AvgIpc) is 2.73. The normalized spacial score (nSPS) is 11.9. The van der Waals surface area contributed by atoms with E-state index in [2.05, 4.69) is 9.97 Å². The van der Waals surface area contributed by atoms with Gasteiger partial charge in [0.1, 0.15) is 10.7 Å². The van der Waals surface area contributed by atoms with E-state index < -0.39 is 0 Å². The lowest BCUT2D eigenvalue weighted by Crippen LogP contribution is -2.28. The molecule has 0 saturated carbocycles. The third-order valence-corrected chi connectivity index (χ3v) is 3.27. The van der Waals surface area contributed by atoms with Crippen molar-refractivity contribution in [2.24, 2.45) is 5.73 Å². The zero-order valence-electron chi connectivity index (χ0n) is 8.02. The van der Waals surface area contributed by atoms with E-state index in [-0.39, 0.29) is 5.54 Å². The van der Waals surface area contributed by atoms with Gasteiger partial charge in [-0.1, -0.05) is 0 Å². The molecule has 74 valence electrons. The Morgan fingerprint density at radius 1 is 1.36 bits per heavy atom. The minimum absolute atomic E-state index is 0.370. The van der Waals surface area contributed by atoms with Crippen LogP contribution in [-0.4, -0.2) is 9.97 Å². The first-order valence-electron chi connectivity index (χ1n) is 4.21. The SMILES string of the molecule is CC(C)(N)c1csc(-c2cscn2)n1. The second-order valence-corrected chi connectivity index (χ2v) is 5.21. The van der Waals surface area contributed by atoms with Gasteiger partial charge < -0.3 is 5.73 Å². The Kier molecular flexibility index (Phi) is 2.38. The Labute approximate surface area is 90.6 Å². The number of nitrogens with two attached hydrogens (primary N) is 1. The maximum Gasteiger partial charge on any atom is 0.143 e. The highest BCUT2D eigenvalue weighted by Gasteiger charge is 2.18. The van der Waals surface area contributed by atoms with E-state index in [0.717, 1.165) is 16.4 Å². The van der Waals surface area contributed by atoms with Gasteiger partial charge in [0.05, 0.1) is 16.7 Å². The summed E-state index contributed by atoms with van der Waals surface area (Å²) >= 11 is 3.16. The van der Waals surface area contributed by atoms with Crippen LogP contribution in [0.25, 0.3) is 10.7 Å². The highest BCUT2D eigenvalue weighted by atomic mass is 32.1. The number of rotatable bonds is 2. The molecule has 2 aromatic rings. The molecule has 2 aromatic heterocycles. The minimum Gasteiger partial charge on any atom is -0.321 e. The van der Waals surface area contributed by atoms with E-state index in [9.17, 15) is 0 Å². The van der Waals surface area contributed by atoms with Crippen molar-refractivity contribution in [3.05, 3.63) is 22.0 Å². The molecule has 0 aromatic carbocycles. The van der Waals surface area contributed by atoms with Crippen LogP contribution in [-0.2, 0) is 5.54 Å². The summed E-state index contributed by atoms with van der Waals surface area (Å²) in [6.45, 7) is 3.90. The summed E-state index contributed by atoms with van der Waals surface area (Å²) in [5.41, 5.74) is 9.25.